The Bertz CT molecular complexity index is 960. The van der Waals surface area contributed by atoms with Gasteiger partial charge in [0, 0.05) is 31.7 Å². The van der Waals surface area contributed by atoms with Crippen molar-refractivity contribution in [2.45, 2.75) is 5.92 Å². The van der Waals surface area contributed by atoms with E-state index >= 15 is 0 Å². The van der Waals surface area contributed by atoms with Crippen LogP contribution in [0, 0.1) is 5.92 Å². The Labute approximate surface area is 169 Å². The van der Waals surface area contributed by atoms with Gasteiger partial charge in [0.1, 0.15) is 0 Å². The van der Waals surface area contributed by atoms with Gasteiger partial charge in [0.15, 0.2) is 0 Å². The van der Waals surface area contributed by atoms with E-state index in [1.165, 1.54) is 12.6 Å². The van der Waals surface area contributed by atoms with Crippen LogP contribution in [0.2, 0.25) is 0 Å². The summed E-state index contributed by atoms with van der Waals surface area (Å²) in [6.45, 7) is 2.38. The highest BCUT2D eigenvalue weighted by Gasteiger charge is 2.34. The maximum Gasteiger partial charge on any atom is 0.261 e. The average Bonchev–Trinajstić information content (AvgIpc) is 3.23. The molecule has 0 aromatic heterocycles. The molecule has 2 heterocycles. The lowest BCUT2D eigenvalue weighted by molar-refractivity contribution is -0.117. The van der Waals surface area contributed by atoms with Gasteiger partial charge in [-0.25, -0.2) is 0 Å². The van der Waals surface area contributed by atoms with Gasteiger partial charge in [0.2, 0.25) is 5.91 Å². The first kappa shape index (κ1) is 19.3. The third-order valence-electron chi connectivity index (χ3n) is 5.79. The number of anilines is 1. The van der Waals surface area contributed by atoms with Gasteiger partial charge in [-0.3, -0.25) is 24.2 Å². The highest BCUT2D eigenvalue weighted by molar-refractivity contribution is 6.21. The lowest BCUT2D eigenvalue weighted by Crippen LogP contribution is -2.32. The van der Waals surface area contributed by atoms with E-state index < -0.39 is 0 Å². The second-order valence-corrected chi connectivity index (χ2v) is 7.68. The van der Waals surface area contributed by atoms with Crippen LogP contribution in [0.3, 0.4) is 0 Å². The minimum absolute atomic E-state index is 0.153. The quantitative estimate of drug-likeness (QED) is 0.753. The van der Waals surface area contributed by atoms with E-state index in [1.54, 1.807) is 18.2 Å². The molecule has 2 aliphatic heterocycles. The Morgan fingerprint density at radius 3 is 2.52 bits per heavy atom. The molecule has 0 bridgehead atoms. The third kappa shape index (κ3) is 3.66. The molecule has 0 radical (unpaired) electrons. The number of benzene rings is 2. The van der Waals surface area contributed by atoms with Crippen LogP contribution in [0.1, 0.15) is 32.2 Å². The number of carbonyl (C=O) groups excluding carboxylic acids is 3. The smallest absolute Gasteiger partial charge is 0.261 e. The number of likely N-dealkylation sites (tertiary alicyclic amines) is 1. The molecule has 7 nitrogen and oxygen atoms in total. The highest BCUT2D eigenvalue weighted by atomic mass is 16.2. The summed E-state index contributed by atoms with van der Waals surface area (Å²) in [6, 6.07) is 15.1. The number of imide groups is 1. The zero-order valence-corrected chi connectivity index (χ0v) is 16.3. The van der Waals surface area contributed by atoms with Gasteiger partial charge in [-0.05, 0) is 36.2 Å². The van der Waals surface area contributed by atoms with Gasteiger partial charge in [0.25, 0.3) is 11.8 Å². The van der Waals surface area contributed by atoms with Crippen LogP contribution in [0.15, 0.2) is 48.5 Å². The molecule has 4 rings (SSSR count). The summed E-state index contributed by atoms with van der Waals surface area (Å²) in [6.07, 6.45) is 0. The van der Waals surface area contributed by atoms with Gasteiger partial charge in [0.05, 0.1) is 17.7 Å². The van der Waals surface area contributed by atoms with E-state index in [4.69, 9.17) is 5.73 Å². The first-order valence-electron chi connectivity index (χ1n) is 9.71. The van der Waals surface area contributed by atoms with E-state index in [2.05, 4.69) is 22.3 Å². The number of nitrogens with zero attached hydrogens (tertiary/aromatic N) is 2. The second-order valence-electron chi connectivity index (χ2n) is 7.68. The van der Waals surface area contributed by atoms with E-state index in [0.29, 0.717) is 35.2 Å². The number of fused-ring (bicyclic) bond motifs is 1. The van der Waals surface area contributed by atoms with Gasteiger partial charge in [-0.2, -0.15) is 0 Å². The number of hydrogen-bond donors (Lipinski definition) is 2. The van der Waals surface area contributed by atoms with Gasteiger partial charge in [-0.1, -0.05) is 30.3 Å². The van der Waals surface area contributed by atoms with Crippen molar-refractivity contribution in [3.05, 3.63) is 65.2 Å². The van der Waals surface area contributed by atoms with E-state index in [9.17, 15) is 14.4 Å². The summed E-state index contributed by atoms with van der Waals surface area (Å²) in [5.41, 5.74) is 8.43. The maximum atomic E-state index is 12.6. The summed E-state index contributed by atoms with van der Waals surface area (Å²) >= 11 is 0. The largest absolute Gasteiger partial charge is 0.330 e. The fraction of sp³-hybridized carbons (Fsp3) is 0.318. The maximum absolute atomic E-state index is 12.6. The van der Waals surface area contributed by atoms with Crippen molar-refractivity contribution >= 4 is 23.4 Å². The van der Waals surface area contributed by atoms with E-state index in [-0.39, 0.29) is 24.3 Å². The summed E-state index contributed by atoms with van der Waals surface area (Å²) < 4.78 is 0. The van der Waals surface area contributed by atoms with Crippen LogP contribution in [0.4, 0.5) is 5.69 Å². The molecule has 29 heavy (non-hydrogen) atoms. The SMILES string of the molecule is CN1C(=O)c2ccc(NC(=O)CN3C[C@@H](CN)[C@H](c4ccccc4)C3)cc2C1=O. The summed E-state index contributed by atoms with van der Waals surface area (Å²) in [5.74, 6) is -0.200. The van der Waals surface area contributed by atoms with Crippen LogP contribution in [-0.2, 0) is 4.79 Å². The van der Waals surface area contributed by atoms with Crippen molar-refractivity contribution in [3.8, 4) is 0 Å². The van der Waals surface area contributed by atoms with Gasteiger partial charge in [-0.15, -0.1) is 0 Å². The Morgan fingerprint density at radius 2 is 1.79 bits per heavy atom. The number of nitrogens with two attached hydrogens (primary N) is 1. The molecule has 2 aromatic rings. The van der Waals surface area contributed by atoms with Crippen LogP contribution in [0.5, 0.6) is 0 Å². The predicted molar refractivity (Wildman–Crippen MR) is 110 cm³/mol. The molecule has 7 heteroatoms. The fourth-order valence-electron chi connectivity index (χ4n) is 4.25. The molecule has 3 N–H and O–H groups in total. The summed E-state index contributed by atoms with van der Waals surface area (Å²) in [4.78, 5) is 39.9. The molecular formula is C22H24N4O3. The molecule has 2 aliphatic rings. The van der Waals surface area contributed by atoms with Crippen molar-refractivity contribution in [2.75, 3.05) is 38.5 Å². The zero-order chi connectivity index (χ0) is 20.5. The number of hydrogen-bond acceptors (Lipinski definition) is 5. The zero-order valence-electron chi connectivity index (χ0n) is 16.3. The number of nitrogens with one attached hydrogen (secondary N) is 1. The average molecular weight is 392 g/mol. The summed E-state index contributed by atoms with van der Waals surface area (Å²) in [7, 11) is 1.45. The first-order chi connectivity index (χ1) is 14.0. The second kappa shape index (κ2) is 7.77. The number of rotatable bonds is 5. The topological polar surface area (TPSA) is 95.7 Å². The minimum atomic E-state index is -0.350. The predicted octanol–water partition coefficient (Wildman–Crippen LogP) is 1.53. The molecule has 2 atom stereocenters. The van der Waals surface area contributed by atoms with Crippen molar-refractivity contribution in [3.63, 3.8) is 0 Å². The van der Waals surface area contributed by atoms with Gasteiger partial charge < -0.3 is 11.1 Å². The highest BCUT2D eigenvalue weighted by Crippen LogP contribution is 2.32. The fourth-order valence-corrected chi connectivity index (χ4v) is 4.25. The monoisotopic (exact) mass is 392 g/mol. The van der Waals surface area contributed by atoms with Crippen LogP contribution in [0.25, 0.3) is 0 Å². The molecule has 2 aromatic carbocycles. The molecule has 0 unspecified atom stereocenters. The Balaban J connectivity index is 1.41. The molecule has 3 amide bonds. The van der Waals surface area contributed by atoms with Crippen LogP contribution < -0.4 is 11.1 Å². The van der Waals surface area contributed by atoms with Crippen molar-refractivity contribution < 1.29 is 14.4 Å². The first-order valence-corrected chi connectivity index (χ1v) is 9.71. The van der Waals surface area contributed by atoms with Crippen molar-refractivity contribution in [2.24, 2.45) is 11.7 Å². The molecule has 0 spiro atoms. The normalized spacial score (nSPS) is 21.5. The molecule has 1 fully saturated rings. The van der Waals surface area contributed by atoms with Gasteiger partial charge >= 0.3 is 0 Å². The number of carbonyl (C=O) groups is 3. The Morgan fingerprint density at radius 1 is 1.07 bits per heavy atom. The van der Waals surface area contributed by atoms with Crippen molar-refractivity contribution in [1.82, 2.24) is 9.80 Å². The summed E-state index contributed by atoms with van der Waals surface area (Å²) in [5, 5.41) is 2.84. The molecule has 0 aliphatic carbocycles. The Kier molecular flexibility index (Phi) is 5.17. The minimum Gasteiger partial charge on any atom is -0.330 e. The molecule has 150 valence electrons. The standard InChI is InChI=1S/C22H24N4O3/c1-25-21(28)17-8-7-16(9-18(17)22(25)29)24-20(27)13-26-11-15(10-23)19(12-26)14-5-3-2-4-6-14/h2-9,15,19H,10-13,23H2,1H3,(H,24,27)/t15-,19+/m1/s1. The lowest BCUT2D eigenvalue weighted by atomic mass is 9.89. The van der Waals surface area contributed by atoms with Crippen LogP contribution in [-0.4, -0.2) is 60.7 Å². The van der Waals surface area contributed by atoms with Crippen LogP contribution >= 0.6 is 0 Å². The lowest BCUT2D eigenvalue weighted by Gasteiger charge is -2.16. The van der Waals surface area contributed by atoms with Crippen molar-refractivity contribution in [1.29, 1.82) is 0 Å². The Hall–Kier alpha value is -3.03. The van der Waals surface area contributed by atoms with E-state index in [1.807, 2.05) is 18.2 Å². The molecule has 0 saturated carbocycles. The number of amides is 3. The third-order valence-corrected chi connectivity index (χ3v) is 5.79. The van der Waals surface area contributed by atoms with E-state index in [0.717, 1.165) is 18.0 Å². The molecular weight excluding hydrogens is 368 g/mol. The molecule has 1 saturated heterocycles.